The first-order chi connectivity index (χ1) is 15.7. The molecule has 3 aromatic rings. The van der Waals surface area contributed by atoms with E-state index in [2.05, 4.69) is 10.3 Å². The number of amidine groups is 1. The number of thioether (sulfide) groups is 1. The van der Waals surface area contributed by atoms with Crippen LogP contribution in [0.3, 0.4) is 0 Å². The molecule has 0 radical (unpaired) electrons. The number of fused-ring (bicyclic) bond motifs is 1. The van der Waals surface area contributed by atoms with Gasteiger partial charge in [-0.1, -0.05) is 23.9 Å². The van der Waals surface area contributed by atoms with Crippen molar-refractivity contribution in [2.75, 3.05) is 6.54 Å². The molecule has 0 aliphatic carbocycles. The van der Waals surface area contributed by atoms with Crippen molar-refractivity contribution in [3.63, 3.8) is 0 Å². The minimum atomic E-state index is -4.53. The van der Waals surface area contributed by atoms with Gasteiger partial charge in [0.15, 0.2) is 10.1 Å². The molecule has 1 amide bonds. The monoisotopic (exact) mass is 489 g/mol. The summed E-state index contributed by atoms with van der Waals surface area (Å²) in [6.45, 7) is 0.389. The Morgan fingerprint density at radius 1 is 1.18 bits per heavy atom. The molecule has 1 aliphatic heterocycles. The van der Waals surface area contributed by atoms with Crippen molar-refractivity contribution >= 4 is 49.6 Å². The largest absolute Gasteiger partial charge is 0.423 e. The third-order valence-corrected chi connectivity index (χ3v) is 6.80. The number of amides is 1. The Kier molecular flexibility index (Phi) is 6.16. The second-order valence-electron chi connectivity index (χ2n) is 6.78. The lowest BCUT2D eigenvalue weighted by Crippen LogP contribution is -2.32. The van der Waals surface area contributed by atoms with Crippen molar-refractivity contribution in [1.82, 2.24) is 5.32 Å². The van der Waals surface area contributed by atoms with Crippen LogP contribution in [0.4, 0.5) is 5.69 Å². The second-order valence-corrected chi connectivity index (χ2v) is 9.26. The van der Waals surface area contributed by atoms with E-state index in [-0.39, 0.29) is 17.2 Å². The van der Waals surface area contributed by atoms with Gasteiger partial charge in [0.1, 0.15) is 11.3 Å². The highest BCUT2D eigenvalue weighted by atomic mass is 32.2. The van der Waals surface area contributed by atoms with Gasteiger partial charge in [-0.3, -0.25) is 19.9 Å². The summed E-state index contributed by atoms with van der Waals surface area (Å²) < 4.78 is 35.5. The van der Waals surface area contributed by atoms with Crippen LogP contribution in [-0.4, -0.2) is 31.0 Å². The summed E-state index contributed by atoms with van der Waals surface area (Å²) >= 11 is 1.24. The molecule has 1 aliphatic rings. The fourth-order valence-electron chi connectivity index (χ4n) is 3.08. The number of hydrogen-bond donors (Lipinski definition) is 1. The Labute approximate surface area is 190 Å². The van der Waals surface area contributed by atoms with Crippen LogP contribution in [0.25, 0.3) is 11.0 Å². The van der Waals surface area contributed by atoms with E-state index in [4.69, 9.17) is 8.60 Å². The van der Waals surface area contributed by atoms with Crippen LogP contribution in [0.1, 0.15) is 12.0 Å². The Hall–Kier alpha value is -3.71. The molecular weight excluding hydrogens is 474 g/mol. The van der Waals surface area contributed by atoms with E-state index in [1.165, 1.54) is 48.2 Å². The van der Waals surface area contributed by atoms with Crippen LogP contribution in [-0.2, 0) is 20.7 Å². The van der Waals surface area contributed by atoms with Crippen LogP contribution in [0.2, 0.25) is 0 Å². The average Bonchev–Trinajstić information content (AvgIpc) is 2.77. The first-order valence-electron chi connectivity index (χ1n) is 9.45. The Balaban J connectivity index is 1.62. The van der Waals surface area contributed by atoms with Crippen LogP contribution >= 0.6 is 11.8 Å². The van der Waals surface area contributed by atoms with Gasteiger partial charge in [-0.05, 0) is 23.8 Å². The number of para-hydroxylation sites is 1. The van der Waals surface area contributed by atoms with Crippen molar-refractivity contribution in [3.05, 3.63) is 74.6 Å². The fraction of sp³-hybridized carbons (Fsp3) is 0.150. The van der Waals surface area contributed by atoms with E-state index >= 15 is 0 Å². The fourth-order valence-corrected chi connectivity index (χ4v) is 5.07. The molecule has 0 fully saturated rings. The highest BCUT2D eigenvalue weighted by Gasteiger charge is 2.27. The van der Waals surface area contributed by atoms with Gasteiger partial charge in [0.2, 0.25) is 5.91 Å². The maximum absolute atomic E-state index is 12.6. The molecule has 0 atom stereocenters. The molecule has 1 aromatic heterocycles. The lowest BCUT2D eigenvalue weighted by atomic mass is 10.1. The third-order valence-electron chi connectivity index (χ3n) is 4.54. The predicted molar refractivity (Wildman–Crippen MR) is 120 cm³/mol. The molecule has 11 nitrogen and oxygen atoms in total. The number of nitrogens with zero attached hydrogens (tertiary/aromatic N) is 2. The maximum atomic E-state index is 12.6. The highest BCUT2D eigenvalue weighted by Crippen LogP contribution is 2.30. The summed E-state index contributed by atoms with van der Waals surface area (Å²) in [4.78, 5) is 37.5. The minimum absolute atomic E-state index is 0.0722. The Bertz CT molecular complexity index is 1460. The number of rotatable bonds is 6. The SMILES string of the molecule is O=C1CCN=C(SCc2cc(=O)oc3cc(OS(=O)(=O)c4ccccc4[N+](=O)[O-])ccc23)N1. The molecule has 0 bridgehead atoms. The van der Waals surface area contributed by atoms with Crippen LogP contribution in [0.15, 0.2) is 67.6 Å². The third kappa shape index (κ3) is 5.04. The summed E-state index contributed by atoms with van der Waals surface area (Å²) in [5.74, 6) is -0.0141. The normalized spacial score (nSPS) is 13.9. The topological polar surface area (TPSA) is 158 Å². The molecule has 1 N–H and O–H groups in total. The van der Waals surface area contributed by atoms with Gasteiger partial charge in [-0.2, -0.15) is 8.42 Å². The van der Waals surface area contributed by atoms with Gasteiger partial charge in [0, 0.05) is 35.8 Å². The van der Waals surface area contributed by atoms with Crippen LogP contribution < -0.4 is 15.1 Å². The number of nitro groups is 1. The second kappa shape index (κ2) is 9.03. The van der Waals surface area contributed by atoms with Gasteiger partial charge in [-0.15, -0.1) is 0 Å². The molecule has 0 saturated heterocycles. The van der Waals surface area contributed by atoms with Gasteiger partial charge in [0.25, 0.3) is 5.69 Å². The molecule has 0 saturated carbocycles. The number of carbonyl (C=O) groups is 1. The van der Waals surface area contributed by atoms with E-state index in [1.807, 2.05) is 0 Å². The maximum Gasteiger partial charge on any atom is 0.346 e. The van der Waals surface area contributed by atoms with E-state index in [1.54, 1.807) is 0 Å². The number of aliphatic imine (C=N–C) groups is 1. The van der Waals surface area contributed by atoms with Crippen molar-refractivity contribution in [2.45, 2.75) is 17.1 Å². The van der Waals surface area contributed by atoms with Crippen LogP contribution in [0, 0.1) is 10.1 Å². The number of benzene rings is 2. The number of nitro benzene ring substituents is 1. The lowest BCUT2D eigenvalue weighted by Gasteiger charge is -2.13. The van der Waals surface area contributed by atoms with Crippen molar-refractivity contribution in [2.24, 2.45) is 4.99 Å². The average molecular weight is 489 g/mol. The standard InChI is InChI=1S/C20H15N3O8S2/c24-18-7-8-21-20(22-18)32-11-12-9-19(25)30-16-10-13(5-6-14(12)16)31-33(28,29)17-4-2-1-3-15(17)23(26)27/h1-6,9-10H,7-8,11H2,(H,21,22,24). The van der Waals surface area contributed by atoms with E-state index in [0.29, 0.717) is 34.8 Å². The van der Waals surface area contributed by atoms with E-state index in [9.17, 15) is 28.1 Å². The molecule has 13 heteroatoms. The zero-order chi connectivity index (χ0) is 23.6. The van der Waals surface area contributed by atoms with Crippen LogP contribution in [0.5, 0.6) is 5.75 Å². The van der Waals surface area contributed by atoms with E-state index < -0.39 is 31.2 Å². The molecule has 33 heavy (non-hydrogen) atoms. The van der Waals surface area contributed by atoms with Gasteiger partial charge >= 0.3 is 15.7 Å². The summed E-state index contributed by atoms with van der Waals surface area (Å²) in [5, 5.41) is 14.8. The highest BCUT2D eigenvalue weighted by molar-refractivity contribution is 8.13. The van der Waals surface area contributed by atoms with Crippen molar-refractivity contribution in [3.8, 4) is 5.75 Å². The summed E-state index contributed by atoms with van der Waals surface area (Å²) in [7, 11) is -4.53. The number of nitrogens with one attached hydrogen (secondary N) is 1. The summed E-state index contributed by atoms with van der Waals surface area (Å²) in [6, 6.07) is 10.2. The summed E-state index contributed by atoms with van der Waals surface area (Å²) in [6.07, 6.45) is 0.319. The molecule has 0 spiro atoms. The smallest absolute Gasteiger partial charge is 0.346 e. The van der Waals surface area contributed by atoms with Gasteiger partial charge < -0.3 is 13.9 Å². The van der Waals surface area contributed by atoms with Gasteiger partial charge in [-0.25, -0.2) is 4.79 Å². The quantitative estimate of drug-likeness (QED) is 0.238. The first-order valence-corrected chi connectivity index (χ1v) is 11.8. The molecule has 4 rings (SSSR count). The molecule has 170 valence electrons. The van der Waals surface area contributed by atoms with Crippen molar-refractivity contribution < 1.29 is 26.7 Å². The lowest BCUT2D eigenvalue weighted by molar-refractivity contribution is -0.387. The molecular formula is C20H15N3O8S2. The van der Waals surface area contributed by atoms with Crippen molar-refractivity contribution in [1.29, 1.82) is 0 Å². The van der Waals surface area contributed by atoms with Gasteiger partial charge in [0.05, 0.1) is 11.5 Å². The first kappa shape index (κ1) is 22.5. The molecule has 2 heterocycles. The number of hydrogen-bond acceptors (Lipinski definition) is 10. The Morgan fingerprint density at radius 3 is 2.73 bits per heavy atom. The number of carbonyl (C=O) groups excluding carboxylic acids is 1. The zero-order valence-electron chi connectivity index (χ0n) is 16.7. The molecule has 2 aromatic carbocycles. The summed E-state index contributed by atoms with van der Waals surface area (Å²) in [5.41, 5.74) is -0.627. The predicted octanol–water partition coefficient (Wildman–Crippen LogP) is 2.58. The minimum Gasteiger partial charge on any atom is -0.423 e. The Morgan fingerprint density at radius 2 is 1.97 bits per heavy atom. The zero-order valence-corrected chi connectivity index (χ0v) is 18.4. The van der Waals surface area contributed by atoms with E-state index in [0.717, 1.165) is 12.1 Å². The molecule has 0 unspecified atom stereocenters.